The third-order valence-corrected chi connectivity index (χ3v) is 6.16. The summed E-state index contributed by atoms with van der Waals surface area (Å²) in [5, 5.41) is 23.7. The maximum Gasteiger partial charge on any atom is 0.326 e. The number of nitrogens with zero attached hydrogens (tertiary/aromatic N) is 1. The molecule has 5 amide bonds. The molecule has 1 heterocycles. The number of phenolic OH excluding ortho intramolecular Hbond substituents is 1. The third kappa shape index (κ3) is 9.03. The first-order valence-corrected chi connectivity index (χ1v) is 12.1. The number of phenols is 1. The number of carbonyl (C=O) groups excluding carboxylic acids is 5. The molecule has 2 rings (SSSR count). The highest BCUT2D eigenvalue weighted by molar-refractivity contribution is 5.95. The van der Waals surface area contributed by atoms with E-state index in [0.717, 1.165) is 0 Å². The lowest BCUT2D eigenvalue weighted by molar-refractivity contribution is -0.145. The summed E-state index contributed by atoms with van der Waals surface area (Å²) in [6.07, 6.45) is -0.0188. The Labute approximate surface area is 218 Å². The molecule has 0 aliphatic carbocycles. The van der Waals surface area contributed by atoms with Crippen LogP contribution in [-0.4, -0.2) is 81.3 Å². The van der Waals surface area contributed by atoms with Crippen molar-refractivity contribution in [2.45, 2.75) is 69.1 Å². The number of carboxylic acids is 1. The molecule has 1 aliphatic heterocycles. The van der Waals surface area contributed by atoms with Crippen LogP contribution in [0.2, 0.25) is 0 Å². The van der Waals surface area contributed by atoms with Gasteiger partial charge < -0.3 is 42.9 Å². The predicted octanol–water partition coefficient (Wildman–Crippen LogP) is -2.16. The number of nitrogens with two attached hydrogens (primary N) is 3. The molecule has 4 atom stereocenters. The van der Waals surface area contributed by atoms with E-state index in [1.165, 1.54) is 17.0 Å². The summed E-state index contributed by atoms with van der Waals surface area (Å²) in [5.74, 6) is -4.76. The maximum absolute atomic E-state index is 13.4. The molecule has 38 heavy (non-hydrogen) atoms. The zero-order chi connectivity index (χ0) is 28.4. The number of amides is 5. The minimum absolute atomic E-state index is 0.0515. The van der Waals surface area contributed by atoms with Gasteiger partial charge in [0.1, 0.15) is 23.9 Å². The molecule has 208 valence electrons. The van der Waals surface area contributed by atoms with Crippen molar-refractivity contribution >= 4 is 35.5 Å². The van der Waals surface area contributed by atoms with Crippen molar-refractivity contribution in [3.63, 3.8) is 0 Å². The lowest BCUT2D eigenvalue weighted by Gasteiger charge is -2.30. The Hall–Kier alpha value is -4.20. The van der Waals surface area contributed by atoms with Crippen molar-refractivity contribution in [2.75, 3.05) is 6.54 Å². The molecule has 1 fully saturated rings. The van der Waals surface area contributed by atoms with Gasteiger partial charge in [-0.15, -0.1) is 0 Å². The van der Waals surface area contributed by atoms with Crippen LogP contribution in [0.25, 0.3) is 0 Å². The highest BCUT2D eigenvalue weighted by atomic mass is 16.4. The molecular weight excluding hydrogens is 500 g/mol. The van der Waals surface area contributed by atoms with Crippen molar-refractivity contribution in [2.24, 2.45) is 17.2 Å². The molecule has 1 aromatic rings. The van der Waals surface area contributed by atoms with Crippen molar-refractivity contribution in [1.82, 2.24) is 15.5 Å². The van der Waals surface area contributed by atoms with Gasteiger partial charge in [-0.05, 0) is 49.8 Å². The molecule has 0 aromatic heterocycles. The SMILES string of the molecule is NC(=O)CCC(NC(=O)C1CCCN1C(=O)C(CCC(N)=O)NC(=O)C(N)Cc1ccc(O)cc1)C(=O)O. The fourth-order valence-electron chi connectivity index (χ4n) is 4.12. The number of primary amides is 2. The van der Waals surface area contributed by atoms with Crippen LogP contribution in [0.4, 0.5) is 0 Å². The number of aliphatic carboxylic acids is 1. The first-order chi connectivity index (χ1) is 17.9. The van der Waals surface area contributed by atoms with Crippen LogP contribution in [0.15, 0.2) is 24.3 Å². The highest BCUT2D eigenvalue weighted by Crippen LogP contribution is 2.20. The van der Waals surface area contributed by atoms with E-state index in [9.17, 15) is 39.0 Å². The van der Waals surface area contributed by atoms with Crippen molar-refractivity contribution in [3.05, 3.63) is 29.8 Å². The monoisotopic (exact) mass is 534 g/mol. The summed E-state index contributed by atoms with van der Waals surface area (Å²) >= 11 is 0. The molecule has 0 saturated carbocycles. The smallest absolute Gasteiger partial charge is 0.326 e. The van der Waals surface area contributed by atoms with Crippen molar-refractivity contribution in [3.8, 4) is 5.75 Å². The van der Waals surface area contributed by atoms with E-state index in [2.05, 4.69) is 10.6 Å². The molecule has 1 saturated heterocycles. The van der Waals surface area contributed by atoms with Gasteiger partial charge in [-0.3, -0.25) is 24.0 Å². The molecule has 14 nitrogen and oxygen atoms in total. The molecular formula is C24H34N6O8. The minimum Gasteiger partial charge on any atom is -0.508 e. The predicted molar refractivity (Wildman–Crippen MR) is 133 cm³/mol. The van der Waals surface area contributed by atoms with Gasteiger partial charge in [-0.25, -0.2) is 4.79 Å². The molecule has 0 radical (unpaired) electrons. The summed E-state index contributed by atoms with van der Waals surface area (Å²) in [4.78, 5) is 74.2. The number of aromatic hydroxyl groups is 1. The van der Waals surface area contributed by atoms with Gasteiger partial charge in [0.05, 0.1) is 6.04 Å². The first kappa shape index (κ1) is 30.0. The molecule has 1 aromatic carbocycles. The van der Waals surface area contributed by atoms with E-state index in [4.69, 9.17) is 17.2 Å². The Kier molecular flexibility index (Phi) is 11.0. The fraction of sp³-hybridized carbons (Fsp3) is 0.500. The van der Waals surface area contributed by atoms with Crippen LogP contribution in [0.5, 0.6) is 5.75 Å². The average molecular weight is 535 g/mol. The van der Waals surface area contributed by atoms with Crippen LogP contribution in [-0.2, 0) is 35.2 Å². The normalized spacial score (nSPS) is 17.2. The van der Waals surface area contributed by atoms with Crippen LogP contribution in [0.1, 0.15) is 44.1 Å². The second kappa shape index (κ2) is 13.9. The first-order valence-electron chi connectivity index (χ1n) is 12.1. The largest absolute Gasteiger partial charge is 0.508 e. The lowest BCUT2D eigenvalue weighted by Crippen LogP contribution is -2.57. The van der Waals surface area contributed by atoms with Gasteiger partial charge in [-0.1, -0.05) is 12.1 Å². The zero-order valence-corrected chi connectivity index (χ0v) is 20.8. The summed E-state index contributed by atoms with van der Waals surface area (Å²) in [6.45, 7) is 0.165. The number of hydrogen-bond acceptors (Lipinski definition) is 8. The summed E-state index contributed by atoms with van der Waals surface area (Å²) in [6, 6.07) is 1.43. The number of nitrogens with one attached hydrogen (secondary N) is 2. The van der Waals surface area contributed by atoms with Gasteiger partial charge in [-0.2, -0.15) is 0 Å². The second-order valence-corrected chi connectivity index (χ2v) is 9.14. The molecule has 0 spiro atoms. The zero-order valence-electron chi connectivity index (χ0n) is 20.8. The average Bonchev–Trinajstić information content (AvgIpc) is 3.34. The molecule has 10 N–H and O–H groups in total. The van der Waals surface area contributed by atoms with Crippen LogP contribution in [0, 0.1) is 0 Å². The molecule has 14 heteroatoms. The summed E-state index contributed by atoms with van der Waals surface area (Å²) in [5.41, 5.74) is 17.0. The minimum atomic E-state index is -1.38. The van der Waals surface area contributed by atoms with Crippen LogP contribution < -0.4 is 27.8 Å². The van der Waals surface area contributed by atoms with Crippen LogP contribution in [0.3, 0.4) is 0 Å². The topological polar surface area (TPSA) is 248 Å². The molecule has 4 unspecified atom stereocenters. The van der Waals surface area contributed by atoms with Crippen molar-refractivity contribution in [1.29, 1.82) is 0 Å². The number of carbonyl (C=O) groups is 6. The summed E-state index contributed by atoms with van der Waals surface area (Å²) < 4.78 is 0. The van der Waals surface area contributed by atoms with E-state index in [1.54, 1.807) is 12.1 Å². The standard InChI is InChI=1S/C24H34N6O8/c25-15(12-13-3-5-14(31)6-4-13)21(34)28-16(7-9-19(26)32)23(36)30-11-1-2-18(30)22(35)29-17(24(37)38)8-10-20(27)33/h3-6,15-18,31H,1-2,7-12,25H2,(H2,26,32)(H2,27,33)(H,28,34)(H,29,35)(H,37,38). The Morgan fingerprint density at radius 1 is 0.947 bits per heavy atom. The van der Waals surface area contributed by atoms with Gasteiger partial charge in [0, 0.05) is 19.4 Å². The number of carboxylic acid groups (broad SMARTS) is 1. The quantitative estimate of drug-likeness (QED) is 0.137. The van der Waals surface area contributed by atoms with Gasteiger partial charge in [0.15, 0.2) is 0 Å². The van der Waals surface area contributed by atoms with E-state index >= 15 is 0 Å². The number of hydrogen-bond donors (Lipinski definition) is 7. The van der Waals surface area contributed by atoms with Gasteiger partial charge in [0.25, 0.3) is 0 Å². The Morgan fingerprint density at radius 3 is 2.08 bits per heavy atom. The van der Waals surface area contributed by atoms with E-state index < -0.39 is 59.7 Å². The van der Waals surface area contributed by atoms with Crippen LogP contribution >= 0.6 is 0 Å². The lowest BCUT2D eigenvalue weighted by atomic mass is 10.0. The highest BCUT2D eigenvalue weighted by Gasteiger charge is 2.39. The fourth-order valence-corrected chi connectivity index (χ4v) is 4.12. The van der Waals surface area contributed by atoms with Crippen molar-refractivity contribution < 1.29 is 39.0 Å². The Balaban J connectivity index is 2.11. The molecule has 1 aliphatic rings. The second-order valence-electron chi connectivity index (χ2n) is 9.14. The van der Waals surface area contributed by atoms with E-state index in [0.29, 0.717) is 12.0 Å². The number of likely N-dealkylation sites (tertiary alicyclic amines) is 1. The van der Waals surface area contributed by atoms with Gasteiger partial charge in [0.2, 0.25) is 29.5 Å². The van der Waals surface area contributed by atoms with E-state index in [1.807, 2.05) is 0 Å². The number of rotatable bonds is 14. The maximum atomic E-state index is 13.4. The van der Waals surface area contributed by atoms with E-state index in [-0.39, 0.29) is 50.8 Å². The third-order valence-electron chi connectivity index (χ3n) is 6.16. The Bertz CT molecular complexity index is 1050. The summed E-state index contributed by atoms with van der Waals surface area (Å²) in [7, 11) is 0. The van der Waals surface area contributed by atoms with Gasteiger partial charge >= 0.3 is 5.97 Å². The molecule has 0 bridgehead atoms. The number of benzene rings is 1. The Morgan fingerprint density at radius 2 is 1.53 bits per heavy atom.